The van der Waals surface area contributed by atoms with Crippen molar-refractivity contribution in [2.75, 3.05) is 0 Å². The van der Waals surface area contributed by atoms with Gasteiger partial charge in [-0.2, -0.15) is 0 Å². The van der Waals surface area contributed by atoms with Gasteiger partial charge in [0, 0.05) is 28.6 Å². The molecule has 0 radical (unpaired) electrons. The lowest BCUT2D eigenvalue weighted by atomic mass is 9.72. The van der Waals surface area contributed by atoms with Crippen molar-refractivity contribution in [1.29, 1.82) is 0 Å². The smallest absolute Gasteiger partial charge is 0.217 e. The highest BCUT2D eigenvalue weighted by atomic mass is 16.5. The van der Waals surface area contributed by atoms with E-state index in [1.54, 1.807) is 0 Å². The molecule has 7 rings (SSSR count). The molecule has 1 aliphatic carbocycles. The first kappa shape index (κ1) is 29.6. The Morgan fingerprint density at radius 1 is 0.889 bits per heavy atom. The third kappa shape index (κ3) is 5.10. The summed E-state index contributed by atoms with van der Waals surface area (Å²) >= 11 is 0. The van der Waals surface area contributed by atoms with Gasteiger partial charge in [-0.05, 0) is 123 Å². The lowest BCUT2D eigenvalue weighted by Crippen LogP contribution is -2.49. The normalized spacial score (nSPS) is 21.7. The molecular weight excluding hydrogens is 554 g/mol. The number of aromatic nitrogens is 2. The number of rotatable bonds is 5. The number of fused-ring (bicyclic) bond motifs is 4. The molecule has 2 aliphatic rings. The monoisotopic (exact) mass is 599 g/mol. The van der Waals surface area contributed by atoms with Gasteiger partial charge in [0.1, 0.15) is 28.3 Å². The Balaban J connectivity index is 1.30. The molecule has 5 nitrogen and oxygen atoms in total. The summed E-state index contributed by atoms with van der Waals surface area (Å²) in [6, 6.07) is 23.9. The van der Waals surface area contributed by atoms with Crippen molar-refractivity contribution in [2.45, 2.75) is 104 Å². The van der Waals surface area contributed by atoms with Gasteiger partial charge in [0.2, 0.25) is 5.90 Å². The molecular formula is C40H45N3O2. The van der Waals surface area contributed by atoms with Crippen LogP contribution in [0.5, 0.6) is 11.5 Å². The fraction of sp³-hybridized carbons (Fsp3) is 0.400. The Bertz CT molecular complexity index is 1980. The van der Waals surface area contributed by atoms with E-state index in [0.717, 1.165) is 63.6 Å². The summed E-state index contributed by atoms with van der Waals surface area (Å²) in [5.74, 6) is 2.65. The van der Waals surface area contributed by atoms with E-state index in [1.165, 1.54) is 29.4 Å². The highest BCUT2D eigenvalue weighted by molar-refractivity contribution is 6.08. The van der Waals surface area contributed by atoms with Crippen LogP contribution in [-0.4, -0.2) is 26.6 Å². The standard InChI is InChI=1S/C40H45N3O2/c1-25(2)27-20-28(37-42-39(7)15-9-10-16-40(39,8)45-37)22-32(21-27)44-31-19-26(3)18-30(24-31)43-35-14-13-29(38(4,5)6)23-34(35)33-12-11-17-41-36(33)43/h11-14,17-25H,9-10,15-16H2,1-8H3/t39-,40-/m0/s1. The zero-order valence-electron chi connectivity index (χ0n) is 28.0. The second-order valence-electron chi connectivity index (χ2n) is 15.0. The van der Waals surface area contributed by atoms with E-state index in [4.69, 9.17) is 19.5 Å². The highest BCUT2D eigenvalue weighted by Gasteiger charge is 2.53. The quantitative estimate of drug-likeness (QED) is 0.202. The van der Waals surface area contributed by atoms with Gasteiger partial charge in [0.25, 0.3) is 0 Å². The van der Waals surface area contributed by atoms with Gasteiger partial charge in [0.15, 0.2) is 0 Å². The number of aryl methyl sites for hydroxylation is 1. The molecule has 0 N–H and O–H groups in total. The number of hydrogen-bond donors (Lipinski definition) is 0. The fourth-order valence-corrected chi connectivity index (χ4v) is 7.15. The molecule has 0 unspecified atom stereocenters. The van der Waals surface area contributed by atoms with E-state index in [0.29, 0.717) is 5.92 Å². The average Bonchev–Trinajstić information content (AvgIpc) is 3.47. The number of nitrogens with zero attached hydrogens (tertiary/aromatic N) is 3. The Kier molecular flexibility index (Phi) is 6.88. The van der Waals surface area contributed by atoms with Gasteiger partial charge in [0.05, 0.1) is 11.2 Å². The molecule has 0 bridgehead atoms. The Morgan fingerprint density at radius 3 is 2.42 bits per heavy atom. The summed E-state index contributed by atoms with van der Waals surface area (Å²) < 4.78 is 15.6. The van der Waals surface area contributed by atoms with Crippen molar-refractivity contribution in [2.24, 2.45) is 4.99 Å². The van der Waals surface area contributed by atoms with E-state index in [2.05, 4.69) is 121 Å². The van der Waals surface area contributed by atoms with Crippen molar-refractivity contribution in [3.8, 4) is 17.2 Å². The second-order valence-corrected chi connectivity index (χ2v) is 15.0. The van der Waals surface area contributed by atoms with Crippen LogP contribution in [0.1, 0.15) is 102 Å². The second kappa shape index (κ2) is 10.5. The summed E-state index contributed by atoms with van der Waals surface area (Å²) in [5.41, 5.74) is 7.34. The lowest BCUT2D eigenvalue weighted by molar-refractivity contribution is 0.000924. The molecule has 1 fully saturated rings. The van der Waals surface area contributed by atoms with Crippen LogP contribution in [0.3, 0.4) is 0 Å². The largest absolute Gasteiger partial charge is 0.469 e. The lowest BCUT2D eigenvalue weighted by Gasteiger charge is -2.41. The maximum atomic E-state index is 6.70. The van der Waals surface area contributed by atoms with E-state index < -0.39 is 0 Å². The third-order valence-corrected chi connectivity index (χ3v) is 10.1. The molecule has 45 heavy (non-hydrogen) atoms. The molecule has 0 amide bonds. The zero-order valence-corrected chi connectivity index (χ0v) is 28.0. The van der Waals surface area contributed by atoms with Crippen molar-refractivity contribution >= 4 is 27.8 Å². The minimum atomic E-state index is -0.259. The van der Waals surface area contributed by atoms with Gasteiger partial charge >= 0.3 is 0 Å². The first-order chi connectivity index (χ1) is 21.3. The van der Waals surface area contributed by atoms with Crippen LogP contribution in [0.25, 0.3) is 27.6 Å². The fourth-order valence-electron chi connectivity index (χ4n) is 7.15. The molecule has 0 spiro atoms. The molecule has 3 heterocycles. The highest BCUT2D eigenvalue weighted by Crippen LogP contribution is 2.47. The van der Waals surface area contributed by atoms with Crippen molar-refractivity contribution in [3.63, 3.8) is 0 Å². The molecule has 5 aromatic rings. The molecule has 0 saturated heterocycles. The van der Waals surface area contributed by atoms with Crippen LogP contribution in [0.15, 0.2) is 77.9 Å². The summed E-state index contributed by atoms with van der Waals surface area (Å²) in [5, 5.41) is 2.36. The molecule has 2 aromatic heterocycles. The van der Waals surface area contributed by atoms with Gasteiger partial charge < -0.3 is 9.47 Å². The average molecular weight is 600 g/mol. The SMILES string of the molecule is Cc1cc(Oc2cc(C3=N[C@@]4(C)CCCC[C@]4(C)O3)cc(C(C)C)c2)cc(-n2c3ccc(C(C)(C)C)cc3c3cccnc32)c1. The van der Waals surface area contributed by atoms with E-state index in [9.17, 15) is 0 Å². The summed E-state index contributed by atoms with van der Waals surface area (Å²) in [6.07, 6.45) is 6.34. The van der Waals surface area contributed by atoms with Crippen LogP contribution in [-0.2, 0) is 10.2 Å². The molecule has 232 valence electrons. The minimum absolute atomic E-state index is 0.0566. The van der Waals surface area contributed by atoms with Gasteiger partial charge in [-0.15, -0.1) is 0 Å². The third-order valence-electron chi connectivity index (χ3n) is 10.1. The summed E-state index contributed by atoms with van der Waals surface area (Å²) in [7, 11) is 0. The molecule has 1 aliphatic heterocycles. The molecule has 3 aromatic carbocycles. The summed E-state index contributed by atoms with van der Waals surface area (Å²) in [6.45, 7) is 17.8. The number of ether oxygens (including phenoxy) is 2. The van der Waals surface area contributed by atoms with Gasteiger partial charge in [-0.3, -0.25) is 4.57 Å². The number of aliphatic imine (C=N–C) groups is 1. The zero-order chi connectivity index (χ0) is 31.7. The van der Waals surface area contributed by atoms with Crippen LogP contribution in [0.4, 0.5) is 0 Å². The maximum absolute atomic E-state index is 6.70. The summed E-state index contributed by atoms with van der Waals surface area (Å²) in [4.78, 5) is 10.1. The topological polar surface area (TPSA) is 48.6 Å². The van der Waals surface area contributed by atoms with E-state index >= 15 is 0 Å². The Hall–Kier alpha value is -4.12. The van der Waals surface area contributed by atoms with Crippen molar-refractivity contribution < 1.29 is 9.47 Å². The predicted octanol–water partition coefficient (Wildman–Crippen LogP) is 10.6. The number of hydrogen-bond acceptors (Lipinski definition) is 4. The van der Waals surface area contributed by atoms with Gasteiger partial charge in [-0.25, -0.2) is 9.98 Å². The van der Waals surface area contributed by atoms with Crippen LogP contribution in [0.2, 0.25) is 0 Å². The molecule has 2 atom stereocenters. The first-order valence-electron chi connectivity index (χ1n) is 16.5. The van der Waals surface area contributed by atoms with Crippen LogP contribution < -0.4 is 4.74 Å². The molecule has 5 heteroatoms. The van der Waals surface area contributed by atoms with Gasteiger partial charge in [-0.1, -0.05) is 47.1 Å². The maximum Gasteiger partial charge on any atom is 0.217 e. The van der Waals surface area contributed by atoms with E-state index in [-0.39, 0.29) is 16.6 Å². The number of pyridine rings is 1. The van der Waals surface area contributed by atoms with E-state index in [1.807, 2.05) is 12.3 Å². The Morgan fingerprint density at radius 2 is 1.67 bits per heavy atom. The molecule has 1 saturated carbocycles. The first-order valence-corrected chi connectivity index (χ1v) is 16.5. The number of benzene rings is 3. The van der Waals surface area contributed by atoms with Crippen molar-refractivity contribution in [3.05, 3.63) is 95.2 Å². The minimum Gasteiger partial charge on any atom is -0.469 e. The predicted molar refractivity (Wildman–Crippen MR) is 186 cm³/mol. The van der Waals surface area contributed by atoms with Crippen LogP contribution >= 0.6 is 0 Å². The van der Waals surface area contributed by atoms with Crippen molar-refractivity contribution in [1.82, 2.24) is 9.55 Å². The van der Waals surface area contributed by atoms with Crippen LogP contribution in [0, 0.1) is 6.92 Å². The Labute approximate surface area is 267 Å².